The summed E-state index contributed by atoms with van der Waals surface area (Å²) < 4.78 is 18.3. The molecule has 0 fully saturated rings. The maximum atomic E-state index is 12.7. The average Bonchev–Trinajstić information content (AvgIpc) is 3.22. The molecule has 3 aromatic rings. The lowest BCUT2D eigenvalue weighted by Crippen LogP contribution is -2.26. The molecule has 4 rings (SSSR count). The van der Waals surface area contributed by atoms with Gasteiger partial charge in [0, 0.05) is 17.5 Å². The van der Waals surface area contributed by atoms with Gasteiger partial charge >= 0.3 is 0 Å². The third-order valence-corrected chi connectivity index (χ3v) is 7.29. The summed E-state index contributed by atoms with van der Waals surface area (Å²) >= 11 is 6.36. The number of fused-ring (bicyclic) bond motifs is 1. The molecule has 1 aliphatic rings. The molecular weight excluding hydrogens is 473 g/mol. The maximum absolute atomic E-state index is 12.7. The number of hydrogen-bond donors (Lipinski definition) is 2. The average molecular weight is 498 g/mol. The number of rotatable bonds is 7. The van der Waals surface area contributed by atoms with Gasteiger partial charge in [-0.2, -0.15) is 4.98 Å². The van der Waals surface area contributed by atoms with Crippen molar-refractivity contribution in [3.63, 3.8) is 0 Å². The van der Waals surface area contributed by atoms with E-state index in [2.05, 4.69) is 27.2 Å². The largest absolute Gasteiger partial charge is 0.495 e. The van der Waals surface area contributed by atoms with E-state index in [-0.39, 0.29) is 11.9 Å². The third kappa shape index (κ3) is 4.79. The van der Waals surface area contributed by atoms with Crippen molar-refractivity contribution in [3.05, 3.63) is 65.8 Å². The van der Waals surface area contributed by atoms with E-state index >= 15 is 0 Å². The zero-order valence-corrected chi connectivity index (χ0v) is 20.8. The highest BCUT2D eigenvalue weighted by Gasteiger charge is 2.25. The fraction of sp³-hybridized carbons (Fsp3) is 0.208. The summed E-state index contributed by atoms with van der Waals surface area (Å²) in [6.45, 7) is 7.59. The predicted octanol–water partition coefficient (Wildman–Crippen LogP) is 4.95. The number of carbonyl (C=O) groups excluding carboxylic acids is 1. The number of nitrogens with one attached hydrogen (secondary N) is 2. The standard InChI is InChI=1S/C24H25ClN5O3P/c1-5-22(31)30-11-10-15-12-20(33-2)18(13-19(15)30)28-24-26-14-16(25)23(29-24)27-17-8-6-7-9-21(17)34(3,4)32/h5-9,12-14H,1,10-11H2,2-4H3,(H2,26,27,28,29). The van der Waals surface area contributed by atoms with Crippen molar-refractivity contribution >= 4 is 58.8 Å². The molecular formula is C24H25ClN5O3P. The first-order chi connectivity index (χ1) is 16.2. The molecule has 1 amide bonds. The highest BCUT2D eigenvalue weighted by molar-refractivity contribution is 7.70. The van der Waals surface area contributed by atoms with E-state index in [1.165, 1.54) is 12.3 Å². The Morgan fingerprint density at radius 2 is 2.00 bits per heavy atom. The first-order valence-corrected chi connectivity index (χ1v) is 13.5. The molecule has 0 spiro atoms. The normalized spacial score (nSPS) is 12.8. The molecule has 8 nitrogen and oxygen atoms in total. The predicted molar refractivity (Wildman–Crippen MR) is 138 cm³/mol. The zero-order chi connectivity index (χ0) is 24.5. The molecule has 2 heterocycles. The SMILES string of the molecule is C=CC(=O)N1CCc2cc(OC)c(Nc3ncc(Cl)c(Nc4ccccc4P(C)(C)=O)n3)cc21. The van der Waals surface area contributed by atoms with Gasteiger partial charge in [0.2, 0.25) is 11.9 Å². The van der Waals surface area contributed by atoms with Gasteiger partial charge in [-0.1, -0.05) is 30.3 Å². The van der Waals surface area contributed by atoms with E-state index < -0.39 is 7.14 Å². The highest BCUT2D eigenvalue weighted by Crippen LogP contribution is 2.40. The van der Waals surface area contributed by atoms with Crippen molar-refractivity contribution in [2.75, 3.05) is 42.5 Å². The quantitative estimate of drug-likeness (QED) is 0.352. The highest BCUT2D eigenvalue weighted by atomic mass is 35.5. The molecule has 10 heteroatoms. The van der Waals surface area contributed by atoms with Gasteiger partial charge < -0.3 is 24.8 Å². The van der Waals surface area contributed by atoms with E-state index in [0.29, 0.717) is 39.8 Å². The third-order valence-electron chi connectivity index (χ3n) is 5.46. The van der Waals surface area contributed by atoms with Gasteiger partial charge in [0.1, 0.15) is 17.9 Å². The van der Waals surface area contributed by atoms with Crippen LogP contribution in [0.3, 0.4) is 0 Å². The molecule has 0 radical (unpaired) electrons. The number of hydrogen-bond acceptors (Lipinski definition) is 7. The van der Waals surface area contributed by atoms with Crippen molar-refractivity contribution < 1.29 is 14.1 Å². The number of carbonyl (C=O) groups is 1. The van der Waals surface area contributed by atoms with Crippen LogP contribution in [0.25, 0.3) is 0 Å². The van der Waals surface area contributed by atoms with Gasteiger partial charge in [0.15, 0.2) is 5.82 Å². The summed E-state index contributed by atoms with van der Waals surface area (Å²) in [5.74, 6) is 1.08. The minimum Gasteiger partial charge on any atom is -0.495 e. The number of aromatic nitrogens is 2. The van der Waals surface area contributed by atoms with Crippen LogP contribution in [0, 0.1) is 0 Å². The summed E-state index contributed by atoms with van der Waals surface area (Å²) in [7, 11) is -0.952. The Balaban J connectivity index is 1.67. The number of ether oxygens (including phenoxy) is 1. The smallest absolute Gasteiger partial charge is 0.250 e. The number of benzene rings is 2. The molecule has 1 aromatic heterocycles. The van der Waals surface area contributed by atoms with E-state index in [9.17, 15) is 9.36 Å². The number of nitrogens with zero attached hydrogens (tertiary/aromatic N) is 3. The van der Waals surface area contributed by atoms with Crippen LogP contribution in [-0.4, -0.2) is 42.9 Å². The number of amides is 1. The molecule has 2 aromatic carbocycles. The number of para-hydroxylation sites is 1. The van der Waals surface area contributed by atoms with Gasteiger partial charge in [0.05, 0.1) is 24.7 Å². The topological polar surface area (TPSA) is 96.5 Å². The Hall–Kier alpha value is -3.35. The van der Waals surface area contributed by atoms with Crippen LogP contribution in [0.5, 0.6) is 5.75 Å². The molecule has 0 saturated heterocycles. The molecule has 34 heavy (non-hydrogen) atoms. The molecule has 0 atom stereocenters. The van der Waals surface area contributed by atoms with Crippen molar-refractivity contribution in [3.8, 4) is 5.75 Å². The minimum absolute atomic E-state index is 0.160. The summed E-state index contributed by atoms with van der Waals surface area (Å²) in [5.41, 5.74) is 3.06. The molecule has 2 N–H and O–H groups in total. The summed E-state index contributed by atoms with van der Waals surface area (Å²) in [4.78, 5) is 22.7. The lowest BCUT2D eigenvalue weighted by molar-refractivity contribution is -0.114. The molecule has 0 aliphatic carbocycles. The van der Waals surface area contributed by atoms with E-state index in [1.54, 1.807) is 25.3 Å². The van der Waals surface area contributed by atoms with Crippen molar-refractivity contribution in [2.45, 2.75) is 6.42 Å². The minimum atomic E-state index is -2.53. The summed E-state index contributed by atoms with van der Waals surface area (Å²) in [5, 5.41) is 7.36. The lowest BCUT2D eigenvalue weighted by atomic mass is 10.1. The van der Waals surface area contributed by atoms with E-state index in [4.69, 9.17) is 16.3 Å². The Morgan fingerprint density at radius 1 is 1.24 bits per heavy atom. The lowest BCUT2D eigenvalue weighted by Gasteiger charge is -2.18. The van der Waals surface area contributed by atoms with Crippen LogP contribution in [-0.2, 0) is 15.8 Å². The molecule has 0 bridgehead atoms. The van der Waals surface area contributed by atoms with Gasteiger partial charge in [-0.05, 0) is 55.7 Å². The second-order valence-corrected chi connectivity index (χ2v) is 11.7. The monoisotopic (exact) mass is 497 g/mol. The van der Waals surface area contributed by atoms with Gasteiger partial charge in [-0.3, -0.25) is 4.79 Å². The second-order valence-electron chi connectivity index (χ2n) is 8.13. The zero-order valence-electron chi connectivity index (χ0n) is 19.1. The Morgan fingerprint density at radius 3 is 2.71 bits per heavy atom. The molecule has 1 aliphatic heterocycles. The first-order valence-electron chi connectivity index (χ1n) is 10.6. The van der Waals surface area contributed by atoms with Gasteiger partial charge in [0.25, 0.3) is 0 Å². The Kier molecular flexibility index (Phi) is 6.64. The van der Waals surface area contributed by atoms with Crippen LogP contribution in [0.1, 0.15) is 5.56 Å². The van der Waals surface area contributed by atoms with E-state index in [0.717, 1.165) is 17.7 Å². The van der Waals surface area contributed by atoms with Gasteiger partial charge in [-0.25, -0.2) is 4.98 Å². The van der Waals surface area contributed by atoms with Crippen LogP contribution in [0.2, 0.25) is 5.02 Å². The second kappa shape index (κ2) is 9.49. The maximum Gasteiger partial charge on any atom is 0.250 e. The van der Waals surface area contributed by atoms with Crippen LogP contribution in [0.15, 0.2) is 55.3 Å². The van der Waals surface area contributed by atoms with Crippen molar-refractivity contribution in [1.82, 2.24) is 9.97 Å². The summed E-state index contributed by atoms with van der Waals surface area (Å²) in [6, 6.07) is 11.1. The first kappa shape index (κ1) is 23.8. The van der Waals surface area contributed by atoms with Crippen molar-refractivity contribution in [1.29, 1.82) is 0 Å². The fourth-order valence-corrected chi connectivity index (χ4v) is 5.13. The van der Waals surface area contributed by atoms with Crippen LogP contribution < -0.4 is 25.6 Å². The number of anilines is 5. The van der Waals surface area contributed by atoms with E-state index in [1.807, 2.05) is 36.4 Å². The molecule has 176 valence electrons. The summed E-state index contributed by atoms with van der Waals surface area (Å²) in [6.07, 6.45) is 3.51. The van der Waals surface area contributed by atoms with Crippen molar-refractivity contribution in [2.24, 2.45) is 0 Å². The van der Waals surface area contributed by atoms with Crippen LogP contribution in [0.4, 0.5) is 28.8 Å². The van der Waals surface area contributed by atoms with Crippen LogP contribution >= 0.6 is 18.7 Å². The molecule has 0 unspecified atom stereocenters. The molecule has 0 saturated carbocycles. The Bertz CT molecular complexity index is 1320. The number of methoxy groups -OCH3 is 1. The van der Waals surface area contributed by atoms with Gasteiger partial charge in [-0.15, -0.1) is 0 Å². The fourth-order valence-electron chi connectivity index (χ4n) is 3.83. The number of halogens is 1. The Labute approximate surface area is 203 Å².